The van der Waals surface area contributed by atoms with E-state index in [1.54, 1.807) is 0 Å². The van der Waals surface area contributed by atoms with Crippen LogP contribution in [-0.4, -0.2) is 0 Å². The first-order chi connectivity index (χ1) is 36.7. The van der Waals surface area contributed by atoms with Crippen LogP contribution >= 0.6 is 0 Å². The molecule has 2 aliphatic rings. The highest BCUT2D eigenvalue weighted by Gasteiger charge is 2.51. The molecular formula is C73H49N. The first kappa shape index (κ1) is 43.2. The van der Waals surface area contributed by atoms with Crippen LogP contribution in [-0.2, 0) is 5.41 Å². The molecule has 0 bridgehead atoms. The Morgan fingerprint density at radius 1 is 0.176 bits per heavy atom. The zero-order valence-electron chi connectivity index (χ0n) is 40.7. The van der Waals surface area contributed by atoms with Crippen LogP contribution in [0.15, 0.2) is 297 Å². The van der Waals surface area contributed by atoms with Crippen molar-refractivity contribution in [3.8, 4) is 89.0 Å². The summed E-state index contributed by atoms with van der Waals surface area (Å²) in [5.41, 5.74) is 27.6. The van der Waals surface area contributed by atoms with Gasteiger partial charge in [-0.05, 0) is 178 Å². The average Bonchev–Trinajstić information content (AvgIpc) is 4.01. The van der Waals surface area contributed by atoms with Gasteiger partial charge in [-0.25, -0.2) is 0 Å². The topological polar surface area (TPSA) is 3.24 Å². The van der Waals surface area contributed by atoms with Gasteiger partial charge >= 0.3 is 0 Å². The summed E-state index contributed by atoms with van der Waals surface area (Å²) in [4.78, 5) is 2.39. The van der Waals surface area contributed by atoms with Crippen molar-refractivity contribution in [2.24, 2.45) is 0 Å². The first-order valence-electron chi connectivity index (χ1n) is 25.6. The minimum absolute atomic E-state index is 0.520. The van der Waals surface area contributed by atoms with Crippen molar-refractivity contribution in [3.63, 3.8) is 0 Å². The summed E-state index contributed by atoms with van der Waals surface area (Å²) in [6.45, 7) is 0. The number of benzene rings is 12. The Morgan fingerprint density at radius 2 is 0.486 bits per heavy atom. The molecule has 0 saturated carbocycles. The van der Waals surface area contributed by atoms with Gasteiger partial charge in [-0.2, -0.15) is 0 Å². The van der Waals surface area contributed by atoms with Gasteiger partial charge in [0.05, 0.1) is 5.41 Å². The fraction of sp³-hybridized carbons (Fsp3) is 0.0137. The number of fused-ring (bicyclic) bond motifs is 10. The number of rotatable bonds is 9. The van der Waals surface area contributed by atoms with Crippen LogP contribution in [0.25, 0.3) is 89.0 Å². The van der Waals surface area contributed by atoms with E-state index in [1.807, 2.05) is 0 Å². The highest BCUT2D eigenvalue weighted by Crippen LogP contribution is 2.63. The maximum Gasteiger partial charge on any atom is 0.0725 e. The quantitative estimate of drug-likeness (QED) is 0.139. The highest BCUT2D eigenvalue weighted by atomic mass is 15.1. The molecule has 0 atom stereocenters. The van der Waals surface area contributed by atoms with Crippen LogP contribution in [0.1, 0.15) is 22.3 Å². The van der Waals surface area contributed by atoms with Crippen LogP contribution in [0.2, 0.25) is 0 Å². The standard InChI is InChI=1S/C73H49N/c1-5-19-50(20-6-1)55-27-17-29-63(46-55)74(64-30-18-28-56(47-64)51-21-7-2-8-22-51)62-39-35-54(36-40-62)57-37-41-67-68-42-38-58(61-44-59(52-23-9-3-10-24-52)43-60(45-61)53-25-11-4-12-26-53)49-72(68)73(71(67)48-57)69-33-15-13-31-65(69)66-32-14-16-34-70(66)73/h1-49H. The molecule has 0 aromatic heterocycles. The Balaban J connectivity index is 0.909. The number of hydrogen-bond acceptors (Lipinski definition) is 1. The van der Waals surface area contributed by atoms with Crippen molar-refractivity contribution in [2.75, 3.05) is 4.90 Å². The van der Waals surface area contributed by atoms with Gasteiger partial charge in [0.2, 0.25) is 0 Å². The molecule has 0 radical (unpaired) electrons. The molecule has 0 saturated heterocycles. The van der Waals surface area contributed by atoms with Gasteiger partial charge in [-0.1, -0.05) is 231 Å². The van der Waals surface area contributed by atoms with E-state index in [2.05, 4.69) is 302 Å². The maximum atomic E-state index is 2.51. The largest absolute Gasteiger partial charge is 0.310 e. The van der Waals surface area contributed by atoms with E-state index in [9.17, 15) is 0 Å². The Bertz CT molecular complexity index is 3860. The number of hydrogen-bond donors (Lipinski definition) is 0. The molecule has 2 aliphatic carbocycles. The smallest absolute Gasteiger partial charge is 0.0725 e. The fourth-order valence-electron chi connectivity index (χ4n) is 12.0. The van der Waals surface area contributed by atoms with Gasteiger partial charge in [0.25, 0.3) is 0 Å². The lowest BCUT2D eigenvalue weighted by Gasteiger charge is -2.31. The highest BCUT2D eigenvalue weighted by molar-refractivity contribution is 5.97. The maximum absolute atomic E-state index is 2.51. The van der Waals surface area contributed by atoms with Gasteiger partial charge in [0.15, 0.2) is 0 Å². The van der Waals surface area contributed by atoms with E-state index < -0.39 is 5.41 Å². The Morgan fingerprint density at radius 3 is 0.932 bits per heavy atom. The third-order valence-electron chi connectivity index (χ3n) is 15.5. The predicted octanol–water partition coefficient (Wildman–Crippen LogP) is 19.5. The molecular weight excluding hydrogens is 891 g/mol. The average molecular weight is 940 g/mol. The van der Waals surface area contributed by atoms with Crippen LogP contribution in [0.5, 0.6) is 0 Å². The van der Waals surface area contributed by atoms with Gasteiger partial charge in [0.1, 0.15) is 0 Å². The summed E-state index contributed by atoms with van der Waals surface area (Å²) in [6, 6.07) is 110. The minimum Gasteiger partial charge on any atom is -0.310 e. The van der Waals surface area contributed by atoms with Crippen LogP contribution < -0.4 is 4.90 Å². The monoisotopic (exact) mass is 939 g/mol. The van der Waals surface area contributed by atoms with Gasteiger partial charge in [-0.3, -0.25) is 0 Å². The molecule has 14 rings (SSSR count). The molecule has 0 unspecified atom stereocenters. The second kappa shape index (κ2) is 17.9. The summed E-state index contributed by atoms with van der Waals surface area (Å²) < 4.78 is 0. The molecule has 0 fully saturated rings. The van der Waals surface area contributed by atoms with E-state index in [-0.39, 0.29) is 0 Å². The summed E-state index contributed by atoms with van der Waals surface area (Å²) in [7, 11) is 0. The van der Waals surface area contributed by atoms with Crippen molar-refractivity contribution < 1.29 is 0 Å². The zero-order chi connectivity index (χ0) is 49.0. The second-order valence-electron chi connectivity index (χ2n) is 19.6. The zero-order valence-corrected chi connectivity index (χ0v) is 40.7. The summed E-state index contributed by atoms with van der Waals surface area (Å²) in [5.74, 6) is 0. The van der Waals surface area contributed by atoms with E-state index in [0.29, 0.717) is 0 Å². The molecule has 12 aromatic carbocycles. The SMILES string of the molecule is c1ccc(-c2cc(-c3ccccc3)cc(-c3ccc4c(c3)C3(c5ccccc5-c5ccccc53)c3cc(-c5ccc(N(c6cccc(-c7ccccc7)c6)c6cccc(-c7ccccc7)c6)cc5)ccc3-4)c2)cc1. The summed E-state index contributed by atoms with van der Waals surface area (Å²) >= 11 is 0. The first-order valence-corrected chi connectivity index (χ1v) is 25.6. The van der Waals surface area contributed by atoms with E-state index in [1.165, 1.54) is 111 Å². The van der Waals surface area contributed by atoms with Gasteiger partial charge in [-0.15, -0.1) is 0 Å². The second-order valence-corrected chi connectivity index (χ2v) is 19.6. The Kier molecular flexibility index (Phi) is 10.5. The van der Waals surface area contributed by atoms with Crippen molar-refractivity contribution in [1.82, 2.24) is 0 Å². The molecule has 12 aromatic rings. The van der Waals surface area contributed by atoms with Crippen LogP contribution in [0.3, 0.4) is 0 Å². The number of anilines is 3. The van der Waals surface area contributed by atoms with Crippen molar-refractivity contribution in [2.45, 2.75) is 5.41 Å². The van der Waals surface area contributed by atoms with Crippen molar-refractivity contribution in [1.29, 1.82) is 0 Å². The lowest BCUT2D eigenvalue weighted by molar-refractivity contribution is 0.794. The summed E-state index contributed by atoms with van der Waals surface area (Å²) in [5, 5.41) is 0. The fourth-order valence-corrected chi connectivity index (χ4v) is 12.0. The molecule has 74 heavy (non-hydrogen) atoms. The van der Waals surface area contributed by atoms with Gasteiger partial charge < -0.3 is 4.90 Å². The third-order valence-corrected chi connectivity index (χ3v) is 15.5. The summed E-state index contributed by atoms with van der Waals surface area (Å²) in [6.07, 6.45) is 0. The molecule has 0 heterocycles. The van der Waals surface area contributed by atoms with Crippen LogP contribution in [0.4, 0.5) is 17.1 Å². The number of nitrogens with zero attached hydrogens (tertiary/aromatic N) is 1. The van der Waals surface area contributed by atoms with E-state index in [0.717, 1.165) is 17.1 Å². The molecule has 0 amide bonds. The lowest BCUT2D eigenvalue weighted by atomic mass is 9.70. The molecule has 1 nitrogen and oxygen atoms in total. The van der Waals surface area contributed by atoms with Crippen LogP contribution in [0, 0.1) is 0 Å². The molecule has 1 spiro atoms. The minimum atomic E-state index is -0.520. The van der Waals surface area contributed by atoms with E-state index in [4.69, 9.17) is 0 Å². The molecule has 346 valence electrons. The Hall–Kier alpha value is -9.56. The molecule has 1 heteroatoms. The molecule has 0 aliphatic heterocycles. The molecule has 0 N–H and O–H groups in total. The van der Waals surface area contributed by atoms with Crippen molar-refractivity contribution >= 4 is 17.1 Å². The lowest BCUT2D eigenvalue weighted by Crippen LogP contribution is -2.26. The predicted molar refractivity (Wildman–Crippen MR) is 310 cm³/mol. The van der Waals surface area contributed by atoms with Gasteiger partial charge in [0, 0.05) is 17.1 Å². The van der Waals surface area contributed by atoms with E-state index >= 15 is 0 Å². The normalized spacial score (nSPS) is 12.4. The Labute approximate surface area is 433 Å². The van der Waals surface area contributed by atoms with Crippen molar-refractivity contribution in [3.05, 3.63) is 320 Å². The third kappa shape index (κ3) is 7.24.